The van der Waals surface area contributed by atoms with Crippen molar-refractivity contribution in [3.8, 4) is 67.8 Å². The molecule has 14 rings (SSSR count). The third kappa shape index (κ3) is 6.38. The van der Waals surface area contributed by atoms with Gasteiger partial charge in [0, 0.05) is 65.9 Å². The van der Waals surface area contributed by atoms with Crippen molar-refractivity contribution >= 4 is 65.6 Å². The first kappa shape index (κ1) is 38.8. The van der Waals surface area contributed by atoms with Crippen LogP contribution in [0.2, 0.25) is 0 Å². The van der Waals surface area contributed by atoms with E-state index in [1.165, 1.54) is 43.7 Å². The van der Waals surface area contributed by atoms with Gasteiger partial charge in [0.25, 0.3) is 0 Å². The molecule has 0 aliphatic rings. The molecule has 69 heavy (non-hydrogen) atoms. The summed E-state index contributed by atoms with van der Waals surface area (Å²) in [5.41, 5.74) is 15.7. The number of furan rings is 1. The smallest absolute Gasteiger partial charge is 0.164 e. The van der Waals surface area contributed by atoms with E-state index < -0.39 is 0 Å². The van der Waals surface area contributed by atoms with E-state index in [9.17, 15) is 0 Å². The zero-order valence-electron chi connectivity index (χ0n) is 37.2. The second-order valence-electron chi connectivity index (χ2n) is 17.6. The zero-order valence-corrected chi connectivity index (χ0v) is 37.2. The highest BCUT2D eigenvalue weighted by Crippen LogP contribution is 2.41. The Balaban J connectivity index is 0.861. The monoisotopic (exact) mass is 881 g/mol. The second kappa shape index (κ2) is 15.6. The lowest BCUT2D eigenvalue weighted by Crippen LogP contribution is -2.00. The van der Waals surface area contributed by atoms with Gasteiger partial charge in [-0.1, -0.05) is 164 Å². The summed E-state index contributed by atoms with van der Waals surface area (Å²) in [7, 11) is 0. The van der Waals surface area contributed by atoms with E-state index in [1.54, 1.807) is 0 Å². The Labute approximate surface area is 396 Å². The number of aromatic nitrogens is 5. The third-order valence-electron chi connectivity index (χ3n) is 13.6. The van der Waals surface area contributed by atoms with Crippen molar-refractivity contribution in [3.63, 3.8) is 0 Å². The first-order chi connectivity index (χ1) is 34.2. The molecule has 0 unspecified atom stereocenters. The summed E-state index contributed by atoms with van der Waals surface area (Å²) in [6.45, 7) is 0. The van der Waals surface area contributed by atoms with E-state index in [1.807, 2.05) is 60.7 Å². The van der Waals surface area contributed by atoms with Gasteiger partial charge in [-0.05, 0) is 89.5 Å². The molecule has 0 saturated carbocycles. The summed E-state index contributed by atoms with van der Waals surface area (Å²) in [5.74, 6) is 1.87. The van der Waals surface area contributed by atoms with Gasteiger partial charge in [0.15, 0.2) is 17.5 Å². The fourth-order valence-corrected chi connectivity index (χ4v) is 10.4. The lowest BCUT2D eigenvalue weighted by atomic mass is 10.00. The molecule has 4 heterocycles. The molecular weight excluding hydrogens is 843 g/mol. The van der Waals surface area contributed by atoms with Crippen LogP contribution >= 0.6 is 0 Å². The molecular formula is C63H39N5O. The summed E-state index contributed by atoms with van der Waals surface area (Å²) < 4.78 is 11.5. The fraction of sp³-hybridized carbons (Fsp3) is 0. The van der Waals surface area contributed by atoms with Crippen LogP contribution in [0.1, 0.15) is 0 Å². The van der Waals surface area contributed by atoms with Gasteiger partial charge < -0.3 is 13.6 Å². The van der Waals surface area contributed by atoms with Crippen molar-refractivity contribution in [2.45, 2.75) is 0 Å². The Morgan fingerprint density at radius 1 is 0.275 bits per heavy atom. The van der Waals surface area contributed by atoms with Crippen molar-refractivity contribution in [2.75, 3.05) is 0 Å². The standard InChI is InChI=1S/C63H39N5O/c1-4-16-40(17-5-1)61-64-62(41-18-6-2-7-19-41)66-63(65-61)45-21-14-20-44(36-45)48-26-15-27-51-54-39-47(32-35-59(54)69-60(48)51)68-56-29-13-11-25-50(56)53-38-43(31-34-58(53)68)42-30-33-57-52(37-42)49-24-10-12-28-55(49)67(57)46-22-8-3-9-23-46/h1-39H. The molecule has 0 aliphatic heterocycles. The van der Waals surface area contributed by atoms with Crippen LogP contribution in [0.25, 0.3) is 133 Å². The summed E-state index contributed by atoms with van der Waals surface area (Å²) in [6, 6.07) is 83.4. The Hall–Kier alpha value is -9.39. The van der Waals surface area contributed by atoms with Gasteiger partial charge in [0.2, 0.25) is 0 Å². The van der Waals surface area contributed by atoms with E-state index in [0.29, 0.717) is 17.5 Å². The average molecular weight is 882 g/mol. The minimum Gasteiger partial charge on any atom is -0.455 e. The molecule has 0 atom stereocenters. The van der Waals surface area contributed by atoms with Crippen molar-refractivity contribution < 1.29 is 4.42 Å². The van der Waals surface area contributed by atoms with Crippen molar-refractivity contribution in [3.05, 3.63) is 237 Å². The van der Waals surface area contributed by atoms with Crippen LogP contribution in [0.5, 0.6) is 0 Å². The molecule has 0 spiro atoms. The first-order valence-corrected chi connectivity index (χ1v) is 23.3. The zero-order chi connectivity index (χ0) is 45.4. The van der Waals surface area contributed by atoms with E-state index in [-0.39, 0.29) is 0 Å². The Kier molecular flexibility index (Phi) is 8.79. The highest BCUT2D eigenvalue weighted by atomic mass is 16.3. The number of nitrogens with zero attached hydrogens (tertiary/aromatic N) is 5. The van der Waals surface area contributed by atoms with Crippen molar-refractivity contribution in [2.24, 2.45) is 0 Å². The van der Waals surface area contributed by atoms with Crippen molar-refractivity contribution in [1.82, 2.24) is 24.1 Å². The Morgan fingerprint density at radius 2 is 0.754 bits per heavy atom. The van der Waals surface area contributed by atoms with Crippen LogP contribution in [0.4, 0.5) is 0 Å². The summed E-state index contributed by atoms with van der Waals surface area (Å²) in [6.07, 6.45) is 0. The van der Waals surface area contributed by atoms with Gasteiger partial charge in [-0.25, -0.2) is 15.0 Å². The third-order valence-corrected chi connectivity index (χ3v) is 13.6. The van der Waals surface area contributed by atoms with Crippen LogP contribution in [-0.4, -0.2) is 24.1 Å². The Bertz CT molecular complexity index is 4240. The molecule has 0 aliphatic carbocycles. The highest BCUT2D eigenvalue weighted by Gasteiger charge is 2.19. The molecule has 0 amide bonds. The molecule has 10 aromatic carbocycles. The number of hydrogen-bond acceptors (Lipinski definition) is 4. The van der Waals surface area contributed by atoms with Gasteiger partial charge in [0.05, 0.1) is 22.1 Å². The molecule has 0 saturated heterocycles. The summed E-state index contributed by atoms with van der Waals surface area (Å²) in [4.78, 5) is 14.9. The van der Waals surface area contributed by atoms with E-state index in [2.05, 4.69) is 185 Å². The summed E-state index contributed by atoms with van der Waals surface area (Å²) >= 11 is 0. The van der Waals surface area contributed by atoms with Gasteiger partial charge in [0.1, 0.15) is 11.2 Å². The van der Waals surface area contributed by atoms with Crippen LogP contribution in [0, 0.1) is 0 Å². The van der Waals surface area contributed by atoms with E-state index >= 15 is 0 Å². The predicted molar refractivity (Wildman–Crippen MR) is 283 cm³/mol. The van der Waals surface area contributed by atoms with E-state index in [4.69, 9.17) is 19.4 Å². The Morgan fingerprint density at radius 3 is 1.38 bits per heavy atom. The van der Waals surface area contributed by atoms with Crippen LogP contribution in [0.3, 0.4) is 0 Å². The maximum atomic E-state index is 6.78. The number of para-hydroxylation sites is 4. The van der Waals surface area contributed by atoms with E-state index in [0.717, 1.165) is 72.2 Å². The lowest BCUT2D eigenvalue weighted by Gasteiger charge is -2.10. The fourth-order valence-electron chi connectivity index (χ4n) is 10.4. The number of rotatable bonds is 7. The number of hydrogen-bond donors (Lipinski definition) is 0. The van der Waals surface area contributed by atoms with Crippen LogP contribution < -0.4 is 0 Å². The molecule has 0 radical (unpaired) electrons. The second-order valence-corrected chi connectivity index (χ2v) is 17.6. The van der Waals surface area contributed by atoms with Gasteiger partial charge >= 0.3 is 0 Å². The van der Waals surface area contributed by atoms with Gasteiger partial charge in [-0.3, -0.25) is 0 Å². The molecule has 14 aromatic rings. The molecule has 322 valence electrons. The number of benzene rings is 10. The minimum atomic E-state index is 0.609. The largest absolute Gasteiger partial charge is 0.455 e. The first-order valence-electron chi connectivity index (χ1n) is 23.3. The average Bonchev–Trinajstić information content (AvgIpc) is 4.08. The number of fused-ring (bicyclic) bond motifs is 9. The van der Waals surface area contributed by atoms with Crippen LogP contribution in [-0.2, 0) is 0 Å². The van der Waals surface area contributed by atoms with Crippen LogP contribution in [0.15, 0.2) is 241 Å². The highest BCUT2D eigenvalue weighted by molar-refractivity contribution is 6.14. The molecule has 0 N–H and O–H groups in total. The van der Waals surface area contributed by atoms with Gasteiger partial charge in [-0.2, -0.15) is 0 Å². The minimum absolute atomic E-state index is 0.609. The molecule has 0 fully saturated rings. The normalized spacial score (nSPS) is 11.8. The maximum absolute atomic E-state index is 6.78. The molecule has 0 bridgehead atoms. The lowest BCUT2D eigenvalue weighted by molar-refractivity contribution is 0.670. The predicted octanol–water partition coefficient (Wildman–Crippen LogP) is 16.3. The topological polar surface area (TPSA) is 61.7 Å². The molecule has 4 aromatic heterocycles. The quantitative estimate of drug-likeness (QED) is 0.160. The molecule has 6 heteroatoms. The molecule has 6 nitrogen and oxygen atoms in total. The maximum Gasteiger partial charge on any atom is 0.164 e. The van der Waals surface area contributed by atoms with Gasteiger partial charge in [-0.15, -0.1) is 0 Å². The SMILES string of the molecule is c1ccc(-c2nc(-c3ccccc3)nc(-c3cccc(-c4cccc5c4oc4ccc(-n6c7ccccc7c7cc(-c8ccc9c(c8)c8ccccc8n9-c8ccccc8)ccc76)cc45)c3)n2)cc1. The van der Waals surface area contributed by atoms with Crippen molar-refractivity contribution in [1.29, 1.82) is 0 Å². The summed E-state index contributed by atoms with van der Waals surface area (Å²) in [5, 5.41) is 7.01.